The average Bonchev–Trinajstić information content (AvgIpc) is 1.21. The topological polar surface area (TPSA) is 0 Å². The molecule has 1 unspecified atom stereocenters. The lowest BCUT2D eigenvalue weighted by Crippen LogP contribution is -2.13. The van der Waals surface area contributed by atoms with Crippen molar-refractivity contribution >= 4 is 0 Å². The van der Waals surface area contributed by atoms with Crippen LogP contribution in [-0.4, -0.2) is 12.3 Å². The van der Waals surface area contributed by atoms with Crippen molar-refractivity contribution in [2.75, 3.05) is 0 Å². The molecular weight excluding hydrogens is 124 g/mol. The van der Waals surface area contributed by atoms with Gasteiger partial charge in [0.25, 0.3) is 0 Å². The standard InChI is InChI=1S/C4H5F4/c1-3(5)2-4(6,7)8/h3H,1-2H2. The Labute approximate surface area is 44.5 Å². The quantitative estimate of drug-likeness (QED) is 0.475. The van der Waals surface area contributed by atoms with Gasteiger partial charge in [0, 0.05) is 0 Å². The molecule has 4 heteroatoms. The molecule has 8 heavy (non-hydrogen) atoms. The molecule has 0 aromatic rings. The van der Waals surface area contributed by atoms with Crippen molar-refractivity contribution < 1.29 is 17.6 Å². The van der Waals surface area contributed by atoms with Crippen LogP contribution in [0.15, 0.2) is 0 Å². The van der Waals surface area contributed by atoms with E-state index in [4.69, 9.17) is 0 Å². The third-order valence-electron chi connectivity index (χ3n) is 0.453. The van der Waals surface area contributed by atoms with Gasteiger partial charge in [-0.2, -0.15) is 13.2 Å². The highest BCUT2D eigenvalue weighted by molar-refractivity contribution is 4.62. The molecule has 0 rings (SSSR count). The summed E-state index contributed by atoms with van der Waals surface area (Å²) in [5.41, 5.74) is 0. The van der Waals surface area contributed by atoms with Crippen LogP contribution in [0.4, 0.5) is 17.6 Å². The Bertz CT molecular complexity index is 62.9. The zero-order valence-electron chi connectivity index (χ0n) is 4.00. The monoisotopic (exact) mass is 129 g/mol. The Balaban J connectivity index is 3.39. The summed E-state index contributed by atoms with van der Waals surface area (Å²) in [6.07, 6.45) is -7.90. The third kappa shape index (κ3) is 5.72. The van der Waals surface area contributed by atoms with Gasteiger partial charge < -0.3 is 0 Å². The fraction of sp³-hybridized carbons (Fsp3) is 0.750. The molecule has 0 fully saturated rings. The first-order valence-corrected chi connectivity index (χ1v) is 1.96. The van der Waals surface area contributed by atoms with Crippen LogP contribution in [0.2, 0.25) is 0 Å². The second-order valence-electron chi connectivity index (χ2n) is 1.42. The van der Waals surface area contributed by atoms with E-state index in [-0.39, 0.29) is 0 Å². The lowest BCUT2D eigenvalue weighted by Gasteiger charge is -2.04. The summed E-state index contributed by atoms with van der Waals surface area (Å²) in [7, 11) is 0. The number of halogens is 4. The molecule has 0 saturated carbocycles. The summed E-state index contributed by atoms with van der Waals surface area (Å²) < 4.78 is 44.4. The first kappa shape index (κ1) is 7.72. The van der Waals surface area contributed by atoms with Crippen molar-refractivity contribution in [3.05, 3.63) is 6.92 Å². The minimum absolute atomic E-state index is 1.45. The summed E-state index contributed by atoms with van der Waals surface area (Å²) in [6.45, 7) is 2.54. The van der Waals surface area contributed by atoms with Crippen molar-refractivity contribution in [2.45, 2.75) is 18.8 Å². The van der Waals surface area contributed by atoms with Crippen LogP contribution < -0.4 is 0 Å². The van der Waals surface area contributed by atoms with Crippen LogP contribution in [0.5, 0.6) is 0 Å². The van der Waals surface area contributed by atoms with Gasteiger partial charge in [-0.3, -0.25) is 0 Å². The Hall–Kier alpha value is -0.280. The van der Waals surface area contributed by atoms with Gasteiger partial charge >= 0.3 is 6.18 Å². The van der Waals surface area contributed by atoms with Gasteiger partial charge in [0.05, 0.1) is 6.42 Å². The van der Waals surface area contributed by atoms with Crippen LogP contribution in [0.3, 0.4) is 0 Å². The molecule has 0 aliphatic carbocycles. The first-order valence-electron chi connectivity index (χ1n) is 1.96. The van der Waals surface area contributed by atoms with E-state index >= 15 is 0 Å². The molecule has 1 atom stereocenters. The minimum Gasteiger partial charge on any atom is -0.247 e. The lowest BCUT2D eigenvalue weighted by atomic mass is 10.3. The molecular formula is C4H5F4. The Morgan fingerprint density at radius 2 is 1.75 bits per heavy atom. The van der Waals surface area contributed by atoms with Gasteiger partial charge in [-0.1, -0.05) is 0 Å². The molecule has 0 amide bonds. The van der Waals surface area contributed by atoms with E-state index < -0.39 is 18.8 Å². The van der Waals surface area contributed by atoms with E-state index in [1.807, 2.05) is 0 Å². The zero-order chi connectivity index (χ0) is 6.78. The predicted molar refractivity (Wildman–Crippen MR) is 20.9 cm³/mol. The third-order valence-corrected chi connectivity index (χ3v) is 0.453. The largest absolute Gasteiger partial charge is 0.391 e. The van der Waals surface area contributed by atoms with Gasteiger partial charge in [-0.25, -0.2) is 4.39 Å². The van der Waals surface area contributed by atoms with Crippen LogP contribution >= 0.6 is 0 Å². The maximum atomic E-state index is 11.4. The Morgan fingerprint density at radius 3 is 1.75 bits per heavy atom. The van der Waals surface area contributed by atoms with Crippen molar-refractivity contribution in [1.29, 1.82) is 0 Å². The summed E-state index contributed by atoms with van der Waals surface area (Å²) in [6, 6.07) is 0. The summed E-state index contributed by atoms with van der Waals surface area (Å²) in [5.74, 6) is 0. The van der Waals surface area contributed by atoms with E-state index in [9.17, 15) is 17.6 Å². The van der Waals surface area contributed by atoms with Crippen LogP contribution in [0.25, 0.3) is 0 Å². The molecule has 0 bridgehead atoms. The average molecular weight is 129 g/mol. The molecule has 1 radical (unpaired) electrons. The predicted octanol–water partition coefficient (Wildman–Crippen LogP) is 2.11. The second-order valence-corrected chi connectivity index (χ2v) is 1.42. The maximum absolute atomic E-state index is 11.4. The number of hydrogen-bond donors (Lipinski definition) is 0. The molecule has 0 aromatic heterocycles. The zero-order valence-corrected chi connectivity index (χ0v) is 4.00. The number of alkyl halides is 4. The van der Waals surface area contributed by atoms with E-state index in [2.05, 4.69) is 6.92 Å². The fourth-order valence-electron chi connectivity index (χ4n) is 0.251. The van der Waals surface area contributed by atoms with Crippen LogP contribution in [-0.2, 0) is 0 Å². The Morgan fingerprint density at radius 1 is 1.38 bits per heavy atom. The van der Waals surface area contributed by atoms with Crippen molar-refractivity contribution in [2.24, 2.45) is 0 Å². The molecule has 49 valence electrons. The highest BCUT2D eigenvalue weighted by Gasteiger charge is 2.29. The molecule has 0 heterocycles. The number of rotatable bonds is 1. The minimum atomic E-state index is -4.42. The van der Waals surface area contributed by atoms with Gasteiger partial charge in [0.2, 0.25) is 0 Å². The molecule has 0 N–H and O–H groups in total. The van der Waals surface area contributed by atoms with Crippen LogP contribution in [0.1, 0.15) is 6.42 Å². The van der Waals surface area contributed by atoms with Crippen molar-refractivity contribution in [3.63, 3.8) is 0 Å². The summed E-state index contributed by atoms with van der Waals surface area (Å²) >= 11 is 0. The van der Waals surface area contributed by atoms with Crippen molar-refractivity contribution in [1.82, 2.24) is 0 Å². The highest BCUT2D eigenvalue weighted by Crippen LogP contribution is 2.22. The van der Waals surface area contributed by atoms with E-state index in [1.54, 1.807) is 0 Å². The fourth-order valence-corrected chi connectivity index (χ4v) is 0.251. The number of hydrogen-bond acceptors (Lipinski definition) is 0. The summed E-state index contributed by atoms with van der Waals surface area (Å²) in [5, 5.41) is 0. The molecule has 0 nitrogen and oxygen atoms in total. The Kier molecular flexibility index (Phi) is 2.25. The van der Waals surface area contributed by atoms with Gasteiger partial charge in [-0.15, -0.1) is 0 Å². The normalized spacial score (nSPS) is 16.1. The second kappa shape index (κ2) is 2.33. The van der Waals surface area contributed by atoms with Gasteiger partial charge in [0.15, 0.2) is 0 Å². The first-order chi connectivity index (χ1) is 3.42. The SMILES string of the molecule is [CH2]C(F)CC(F)(F)F. The van der Waals surface area contributed by atoms with Crippen molar-refractivity contribution in [3.8, 4) is 0 Å². The molecule has 0 aromatic carbocycles. The lowest BCUT2D eigenvalue weighted by molar-refractivity contribution is -0.142. The van der Waals surface area contributed by atoms with Crippen LogP contribution in [0, 0.1) is 6.92 Å². The highest BCUT2D eigenvalue weighted by atomic mass is 19.4. The molecule has 0 spiro atoms. The summed E-state index contributed by atoms with van der Waals surface area (Å²) in [4.78, 5) is 0. The smallest absolute Gasteiger partial charge is 0.247 e. The van der Waals surface area contributed by atoms with Gasteiger partial charge in [0.1, 0.15) is 6.17 Å². The molecule has 0 aliphatic rings. The molecule has 0 saturated heterocycles. The van der Waals surface area contributed by atoms with Gasteiger partial charge in [-0.05, 0) is 6.92 Å². The maximum Gasteiger partial charge on any atom is 0.391 e. The molecule has 0 aliphatic heterocycles. The van der Waals surface area contributed by atoms with E-state index in [1.165, 1.54) is 0 Å². The van der Waals surface area contributed by atoms with E-state index in [0.29, 0.717) is 0 Å². The van der Waals surface area contributed by atoms with E-state index in [0.717, 1.165) is 0 Å².